The minimum absolute atomic E-state index is 0.0623. The predicted octanol–water partition coefficient (Wildman–Crippen LogP) is 2.66. The molecule has 0 aliphatic heterocycles. The summed E-state index contributed by atoms with van der Waals surface area (Å²) in [7, 11) is -4.02. The van der Waals surface area contributed by atoms with Crippen molar-refractivity contribution >= 4 is 33.2 Å². The lowest BCUT2D eigenvalue weighted by atomic mass is 10.1. The van der Waals surface area contributed by atoms with Crippen LogP contribution in [0.3, 0.4) is 0 Å². The second-order valence-electron chi connectivity index (χ2n) is 5.97. The number of amides is 1. The first-order valence-corrected chi connectivity index (χ1v) is 9.87. The maximum atomic E-state index is 12.3. The quantitative estimate of drug-likeness (QED) is 0.681. The van der Waals surface area contributed by atoms with E-state index in [1.54, 1.807) is 54.1 Å². The van der Waals surface area contributed by atoms with Crippen LogP contribution < -0.4 is 10.5 Å². The van der Waals surface area contributed by atoms with Crippen LogP contribution in [0.2, 0.25) is 5.02 Å². The van der Waals surface area contributed by atoms with Gasteiger partial charge >= 0.3 is 0 Å². The molecule has 0 aliphatic rings. The average Bonchev–Trinajstić information content (AvgIpc) is 3.02. The lowest BCUT2D eigenvalue weighted by molar-refractivity contribution is -0.115. The van der Waals surface area contributed by atoms with Gasteiger partial charge in [0.05, 0.1) is 24.1 Å². The van der Waals surface area contributed by atoms with E-state index in [-0.39, 0.29) is 17.2 Å². The summed E-state index contributed by atoms with van der Waals surface area (Å²) in [5.41, 5.74) is 2.07. The molecular weight excluding hydrogens is 388 g/mol. The van der Waals surface area contributed by atoms with Gasteiger partial charge in [-0.15, -0.1) is 0 Å². The zero-order chi connectivity index (χ0) is 19.6. The van der Waals surface area contributed by atoms with Gasteiger partial charge in [0.15, 0.2) is 0 Å². The first kappa shape index (κ1) is 19.1. The summed E-state index contributed by atoms with van der Waals surface area (Å²) in [5, 5.41) is 8.51. The number of aromatic nitrogens is 2. The van der Waals surface area contributed by atoms with Crippen molar-refractivity contribution in [3.8, 4) is 5.69 Å². The van der Waals surface area contributed by atoms with Crippen molar-refractivity contribution in [2.75, 3.05) is 5.32 Å². The molecule has 0 unspecified atom stereocenters. The minimum atomic E-state index is -4.02. The fraction of sp³-hybridized carbons (Fsp3) is 0.111. The maximum absolute atomic E-state index is 12.3. The number of nitrogens with two attached hydrogens (primary N) is 1. The predicted molar refractivity (Wildman–Crippen MR) is 103 cm³/mol. The Balaban J connectivity index is 1.89. The largest absolute Gasteiger partial charge is 0.326 e. The molecule has 9 heteroatoms. The molecule has 2 aromatic carbocycles. The fourth-order valence-electron chi connectivity index (χ4n) is 2.61. The molecule has 1 aromatic heterocycles. The topological polar surface area (TPSA) is 107 Å². The van der Waals surface area contributed by atoms with Gasteiger partial charge in [-0.05, 0) is 36.8 Å². The summed E-state index contributed by atoms with van der Waals surface area (Å²) in [6, 6.07) is 11.5. The smallest absolute Gasteiger partial charge is 0.240 e. The number of hydrogen-bond donors (Lipinski definition) is 2. The summed E-state index contributed by atoms with van der Waals surface area (Å²) < 4.78 is 25.6. The molecule has 0 aliphatic carbocycles. The normalized spacial score (nSPS) is 11.4. The van der Waals surface area contributed by atoms with E-state index in [1.165, 1.54) is 12.4 Å². The number of halogens is 1. The molecule has 3 N–H and O–H groups in total. The number of sulfonamides is 1. The van der Waals surface area contributed by atoms with Crippen molar-refractivity contribution in [1.29, 1.82) is 0 Å². The number of carbonyl (C=O) groups is 1. The molecule has 27 heavy (non-hydrogen) atoms. The van der Waals surface area contributed by atoms with Gasteiger partial charge in [-0.25, -0.2) is 18.5 Å². The second-order valence-corrected chi connectivity index (χ2v) is 7.90. The van der Waals surface area contributed by atoms with Gasteiger partial charge in [-0.1, -0.05) is 29.8 Å². The first-order valence-electron chi connectivity index (χ1n) is 7.95. The lowest BCUT2D eigenvalue weighted by Crippen LogP contribution is -2.18. The third kappa shape index (κ3) is 4.54. The van der Waals surface area contributed by atoms with E-state index in [2.05, 4.69) is 10.3 Å². The van der Waals surface area contributed by atoms with E-state index in [9.17, 15) is 13.2 Å². The Bertz CT molecular complexity index is 1110. The monoisotopic (exact) mass is 404 g/mol. The van der Waals surface area contributed by atoms with Crippen LogP contribution in [-0.2, 0) is 21.2 Å². The molecule has 3 rings (SSSR count). The van der Waals surface area contributed by atoms with Crippen LogP contribution in [0.4, 0.5) is 5.69 Å². The van der Waals surface area contributed by atoms with Crippen LogP contribution in [0.25, 0.3) is 5.69 Å². The van der Waals surface area contributed by atoms with Gasteiger partial charge in [0, 0.05) is 16.9 Å². The SMILES string of the molecule is Cc1cn(-c2ccc(NC(=O)Cc3ccccc3Cl)cc2S(N)(=O)=O)cn1. The third-order valence-corrected chi connectivity index (χ3v) is 5.16. The lowest BCUT2D eigenvalue weighted by Gasteiger charge is -2.12. The van der Waals surface area contributed by atoms with Gasteiger partial charge in [0.1, 0.15) is 4.90 Å². The highest BCUT2D eigenvalue weighted by Gasteiger charge is 2.17. The number of imidazole rings is 1. The molecule has 0 bridgehead atoms. The Labute approximate surface area is 161 Å². The van der Waals surface area contributed by atoms with Crippen LogP contribution in [0.15, 0.2) is 59.9 Å². The van der Waals surface area contributed by atoms with Gasteiger partial charge < -0.3 is 9.88 Å². The first-order chi connectivity index (χ1) is 12.7. The molecule has 7 nitrogen and oxygen atoms in total. The molecule has 0 saturated carbocycles. The van der Waals surface area contributed by atoms with E-state index in [0.29, 0.717) is 22.0 Å². The van der Waals surface area contributed by atoms with Crippen LogP contribution in [0, 0.1) is 6.92 Å². The Morgan fingerprint density at radius 1 is 1.26 bits per heavy atom. The maximum Gasteiger partial charge on any atom is 0.240 e. The second kappa shape index (κ2) is 7.51. The number of anilines is 1. The highest BCUT2D eigenvalue weighted by atomic mass is 35.5. The Morgan fingerprint density at radius 3 is 2.63 bits per heavy atom. The number of hydrogen-bond acceptors (Lipinski definition) is 4. The van der Waals surface area contributed by atoms with E-state index < -0.39 is 10.0 Å². The number of rotatable bonds is 5. The number of nitrogens with zero attached hydrogens (tertiary/aromatic N) is 2. The highest BCUT2D eigenvalue weighted by Crippen LogP contribution is 2.24. The Morgan fingerprint density at radius 2 is 2.00 bits per heavy atom. The van der Waals surface area contributed by atoms with Crippen LogP contribution in [0.5, 0.6) is 0 Å². The molecule has 0 fully saturated rings. The standard InChI is InChI=1S/C18H17ClN4O3S/c1-12-10-23(11-21-12)16-7-6-14(9-17(16)27(20,25)26)22-18(24)8-13-4-2-3-5-15(13)19/h2-7,9-11H,8H2,1H3,(H,22,24)(H2,20,25,26). The Hall–Kier alpha value is -2.68. The summed E-state index contributed by atoms with van der Waals surface area (Å²) in [6.07, 6.45) is 3.24. The van der Waals surface area contributed by atoms with E-state index in [1.807, 2.05) is 0 Å². The van der Waals surface area contributed by atoms with Crippen molar-refractivity contribution in [3.63, 3.8) is 0 Å². The van der Waals surface area contributed by atoms with Gasteiger partial charge in [-0.2, -0.15) is 0 Å². The van der Waals surface area contributed by atoms with Crippen molar-refractivity contribution in [1.82, 2.24) is 9.55 Å². The third-order valence-electron chi connectivity index (χ3n) is 3.85. The molecule has 0 radical (unpaired) electrons. The molecule has 1 heterocycles. The van der Waals surface area contributed by atoms with E-state index in [4.69, 9.17) is 16.7 Å². The number of benzene rings is 2. The molecule has 1 amide bonds. The molecule has 0 saturated heterocycles. The van der Waals surface area contributed by atoms with Gasteiger partial charge in [0.2, 0.25) is 15.9 Å². The number of primary sulfonamides is 1. The van der Waals surface area contributed by atoms with Crippen LogP contribution in [0.1, 0.15) is 11.3 Å². The molecular formula is C18H17ClN4O3S. The highest BCUT2D eigenvalue weighted by molar-refractivity contribution is 7.89. The van der Waals surface area contributed by atoms with Crippen molar-refractivity contribution in [3.05, 3.63) is 71.3 Å². The van der Waals surface area contributed by atoms with Crippen molar-refractivity contribution < 1.29 is 13.2 Å². The van der Waals surface area contributed by atoms with Gasteiger partial charge in [-0.3, -0.25) is 4.79 Å². The number of aryl methyl sites for hydroxylation is 1. The summed E-state index contributed by atoms with van der Waals surface area (Å²) in [5.74, 6) is -0.324. The molecule has 0 atom stereocenters. The van der Waals surface area contributed by atoms with E-state index >= 15 is 0 Å². The molecule has 0 spiro atoms. The number of nitrogens with one attached hydrogen (secondary N) is 1. The number of carbonyl (C=O) groups excluding carboxylic acids is 1. The average molecular weight is 405 g/mol. The summed E-state index contributed by atoms with van der Waals surface area (Å²) in [4.78, 5) is 16.3. The molecule has 140 valence electrons. The Kier molecular flexibility index (Phi) is 5.31. The van der Waals surface area contributed by atoms with Gasteiger partial charge in [0.25, 0.3) is 0 Å². The van der Waals surface area contributed by atoms with Crippen molar-refractivity contribution in [2.24, 2.45) is 5.14 Å². The minimum Gasteiger partial charge on any atom is -0.326 e. The van der Waals surface area contributed by atoms with E-state index in [0.717, 1.165) is 5.69 Å². The zero-order valence-corrected chi connectivity index (χ0v) is 16.0. The van der Waals surface area contributed by atoms with Crippen LogP contribution in [-0.4, -0.2) is 23.9 Å². The zero-order valence-electron chi connectivity index (χ0n) is 14.4. The van der Waals surface area contributed by atoms with Crippen molar-refractivity contribution in [2.45, 2.75) is 18.2 Å². The van der Waals surface area contributed by atoms with Crippen LogP contribution >= 0.6 is 11.6 Å². The summed E-state index contributed by atoms with van der Waals surface area (Å²) >= 11 is 6.06. The molecule has 3 aromatic rings. The summed E-state index contributed by atoms with van der Waals surface area (Å²) in [6.45, 7) is 1.79. The fourth-order valence-corrected chi connectivity index (χ4v) is 3.56.